The third-order valence-electron chi connectivity index (χ3n) is 6.22. The van der Waals surface area contributed by atoms with E-state index in [9.17, 15) is 19.2 Å². The first-order valence-electron chi connectivity index (χ1n) is 12.2. The second-order valence-electron chi connectivity index (χ2n) is 10.2. The Hall–Kier alpha value is -2.46. The van der Waals surface area contributed by atoms with E-state index in [1.807, 2.05) is 34.6 Å². The Kier molecular flexibility index (Phi) is 11.9. The Morgan fingerprint density at radius 2 is 1.43 bits per heavy atom. The highest BCUT2D eigenvalue weighted by Crippen LogP contribution is 2.20. The molecule has 0 aromatic heterocycles. The Morgan fingerprint density at radius 3 is 1.89 bits per heavy atom. The zero-order chi connectivity index (χ0) is 26.8. The van der Waals surface area contributed by atoms with Gasteiger partial charge in [0, 0.05) is 39.1 Å². The summed E-state index contributed by atoms with van der Waals surface area (Å²) in [7, 11) is 3.21. The van der Waals surface area contributed by atoms with Gasteiger partial charge in [-0.1, -0.05) is 13.8 Å². The van der Waals surface area contributed by atoms with Gasteiger partial charge in [-0.25, -0.2) is 9.59 Å². The molecule has 10 nitrogen and oxygen atoms in total. The molecule has 0 saturated carbocycles. The predicted octanol–water partition coefficient (Wildman–Crippen LogP) is 2.37. The van der Waals surface area contributed by atoms with Crippen LogP contribution in [0, 0.1) is 5.92 Å². The van der Waals surface area contributed by atoms with Crippen molar-refractivity contribution in [3.05, 3.63) is 12.2 Å². The Bertz CT molecular complexity index is 784. The normalized spacial score (nSPS) is 27.7. The molecule has 1 rings (SSSR count). The van der Waals surface area contributed by atoms with Gasteiger partial charge in [0.15, 0.2) is 11.6 Å². The van der Waals surface area contributed by atoms with Crippen LogP contribution in [0.4, 0.5) is 9.59 Å². The molecule has 0 aromatic carbocycles. The minimum atomic E-state index is -1.01. The SMILES string of the molecule is CC(C)N[C@@]1(C)CCN(C)C(=O)OC/C=C/COC(=O)N(C)CC[C@@](C)(C(=O)C(C)C)NCC1=O. The van der Waals surface area contributed by atoms with E-state index in [4.69, 9.17) is 9.47 Å². The van der Waals surface area contributed by atoms with E-state index in [1.165, 1.54) is 9.80 Å². The number of ether oxygens (including phenoxy) is 2. The summed E-state index contributed by atoms with van der Waals surface area (Å²) >= 11 is 0. The zero-order valence-electron chi connectivity index (χ0n) is 22.6. The summed E-state index contributed by atoms with van der Waals surface area (Å²) < 4.78 is 10.4. The molecule has 200 valence electrons. The molecule has 2 amide bonds. The summed E-state index contributed by atoms with van der Waals surface area (Å²) in [6, 6.07) is 0.0243. The number of amides is 2. The van der Waals surface area contributed by atoms with Crippen LogP contribution >= 0.6 is 0 Å². The van der Waals surface area contributed by atoms with Gasteiger partial charge in [-0.2, -0.15) is 0 Å². The highest BCUT2D eigenvalue weighted by molar-refractivity contribution is 5.93. The van der Waals surface area contributed by atoms with Crippen molar-refractivity contribution in [1.29, 1.82) is 0 Å². The Morgan fingerprint density at radius 1 is 0.943 bits per heavy atom. The first-order valence-corrected chi connectivity index (χ1v) is 12.2. The molecule has 35 heavy (non-hydrogen) atoms. The third kappa shape index (κ3) is 9.60. The lowest BCUT2D eigenvalue weighted by Crippen LogP contribution is -2.60. The van der Waals surface area contributed by atoms with Crippen molar-refractivity contribution in [1.82, 2.24) is 20.4 Å². The van der Waals surface area contributed by atoms with Crippen LogP contribution in [0.2, 0.25) is 0 Å². The standard InChI is InChI=1S/C25H44N4O6/c1-18(2)21(31)25(6)12-14-29(8)23(33)35-16-10-9-15-34-22(32)28(7)13-11-24(5,27-19(3)4)20(30)17-26-25/h9-10,18-19,26-27H,11-17H2,1-8H3/b10-9+/t24-,25-/m0/s1. The van der Waals surface area contributed by atoms with Gasteiger partial charge in [-0.05, 0) is 52.7 Å². The summed E-state index contributed by atoms with van der Waals surface area (Å²) in [5, 5.41) is 6.52. The topological polar surface area (TPSA) is 117 Å². The number of rotatable bonds is 4. The number of cyclic esters (lactones) is 2. The summed E-state index contributed by atoms with van der Waals surface area (Å²) in [5.41, 5.74) is -1.94. The minimum Gasteiger partial charge on any atom is -0.445 e. The summed E-state index contributed by atoms with van der Waals surface area (Å²) in [6.45, 7) is 11.7. The summed E-state index contributed by atoms with van der Waals surface area (Å²) in [5.74, 6) is -0.419. The fourth-order valence-corrected chi connectivity index (χ4v) is 3.90. The molecule has 0 aliphatic carbocycles. The number of carbonyl (C=O) groups excluding carboxylic acids is 4. The van der Waals surface area contributed by atoms with Gasteiger partial charge in [0.25, 0.3) is 0 Å². The van der Waals surface area contributed by atoms with Gasteiger partial charge in [0.2, 0.25) is 0 Å². The molecule has 0 aromatic rings. The second kappa shape index (κ2) is 13.6. The maximum absolute atomic E-state index is 13.4. The van der Waals surface area contributed by atoms with Gasteiger partial charge < -0.3 is 24.6 Å². The average molecular weight is 497 g/mol. The molecular formula is C25H44N4O6. The van der Waals surface area contributed by atoms with Crippen molar-refractivity contribution in [2.24, 2.45) is 5.92 Å². The molecule has 0 bridgehead atoms. The monoisotopic (exact) mass is 496 g/mol. The van der Waals surface area contributed by atoms with E-state index < -0.39 is 23.3 Å². The largest absolute Gasteiger partial charge is 0.445 e. The molecule has 10 heteroatoms. The predicted molar refractivity (Wildman–Crippen MR) is 134 cm³/mol. The summed E-state index contributed by atoms with van der Waals surface area (Å²) in [4.78, 5) is 54.0. The van der Waals surface area contributed by atoms with Gasteiger partial charge in [-0.3, -0.25) is 14.9 Å². The summed E-state index contributed by atoms with van der Waals surface area (Å²) in [6.07, 6.45) is 2.84. The molecule has 1 aliphatic heterocycles. The molecule has 1 heterocycles. The number of ketones is 2. The number of Topliss-reactive ketones (excluding diaryl/α,β-unsaturated/α-hetero) is 2. The quantitative estimate of drug-likeness (QED) is 0.570. The maximum Gasteiger partial charge on any atom is 0.409 e. The van der Waals surface area contributed by atoms with Crippen molar-refractivity contribution in [2.45, 2.75) is 71.5 Å². The Balaban J connectivity index is 3.21. The molecule has 0 saturated heterocycles. The molecule has 2 atom stereocenters. The minimum absolute atomic E-state index is 0.0243. The van der Waals surface area contributed by atoms with Gasteiger partial charge in [-0.15, -0.1) is 0 Å². The molecule has 0 spiro atoms. The molecule has 0 unspecified atom stereocenters. The molecule has 1 aliphatic rings. The van der Waals surface area contributed by atoms with E-state index in [0.717, 1.165) is 0 Å². The van der Waals surface area contributed by atoms with Crippen LogP contribution in [0.1, 0.15) is 54.4 Å². The average Bonchev–Trinajstić information content (AvgIpc) is 2.79. The highest BCUT2D eigenvalue weighted by atomic mass is 16.6. The first-order chi connectivity index (χ1) is 16.2. The van der Waals surface area contributed by atoms with Gasteiger partial charge in [0.1, 0.15) is 13.2 Å². The fraction of sp³-hybridized carbons (Fsp3) is 0.760. The van der Waals surface area contributed by atoms with E-state index >= 15 is 0 Å². The van der Waals surface area contributed by atoms with E-state index in [1.54, 1.807) is 33.2 Å². The van der Waals surface area contributed by atoms with E-state index in [2.05, 4.69) is 10.6 Å². The van der Waals surface area contributed by atoms with Gasteiger partial charge in [0.05, 0.1) is 17.6 Å². The third-order valence-corrected chi connectivity index (χ3v) is 6.22. The fourth-order valence-electron chi connectivity index (χ4n) is 3.90. The van der Waals surface area contributed by atoms with Crippen LogP contribution in [0.25, 0.3) is 0 Å². The molecule has 0 fully saturated rings. The number of nitrogens with one attached hydrogen (secondary N) is 2. The Labute approximate surface area is 209 Å². The smallest absolute Gasteiger partial charge is 0.409 e. The van der Waals surface area contributed by atoms with Crippen molar-refractivity contribution in [3.8, 4) is 0 Å². The number of hydrogen-bond acceptors (Lipinski definition) is 8. The lowest BCUT2D eigenvalue weighted by molar-refractivity contribution is -0.129. The lowest BCUT2D eigenvalue weighted by Gasteiger charge is -2.36. The van der Waals surface area contributed by atoms with Crippen molar-refractivity contribution in [3.63, 3.8) is 0 Å². The van der Waals surface area contributed by atoms with Crippen LogP contribution in [0.3, 0.4) is 0 Å². The second-order valence-corrected chi connectivity index (χ2v) is 10.2. The molecule has 2 N–H and O–H groups in total. The number of hydrogen-bond donors (Lipinski definition) is 2. The number of carbonyl (C=O) groups is 4. The molecular weight excluding hydrogens is 452 g/mol. The van der Waals surface area contributed by atoms with Crippen molar-refractivity contribution < 1.29 is 28.7 Å². The van der Waals surface area contributed by atoms with Crippen LogP contribution in [-0.4, -0.2) is 97.6 Å². The van der Waals surface area contributed by atoms with Crippen LogP contribution in [0.5, 0.6) is 0 Å². The lowest BCUT2D eigenvalue weighted by atomic mass is 9.84. The van der Waals surface area contributed by atoms with Crippen LogP contribution in [0.15, 0.2) is 12.2 Å². The van der Waals surface area contributed by atoms with Crippen molar-refractivity contribution in [2.75, 3.05) is 46.9 Å². The first kappa shape index (κ1) is 30.6. The molecule has 0 radical (unpaired) electrons. The highest BCUT2D eigenvalue weighted by Gasteiger charge is 2.39. The van der Waals surface area contributed by atoms with Crippen molar-refractivity contribution >= 4 is 23.8 Å². The number of nitrogens with zero attached hydrogens (tertiary/aromatic N) is 2. The zero-order valence-corrected chi connectivity index (χ0v) is 22.6. The van der Waals surface area contributed by atoms with E-state index in [0.29, 0.717) is 19.4 Å². The van der Waals surface area contributed by atoms with E-state index in [-0.39, 0.29) is 49.8 Å². The maximum atomic E-state index is 13.4. The van der Waals surface area contributed by atoms with Gasteiger partial charge >= 0.3 is 12.2 Å². The van der Waals surface area contributed by atoms with Crippen LogP contribution in [-0.2, 0) is 19.1 Å². The van der Waals surface area contributed by atoms with Crippen LogP contribution < -0.4 is 10.6 Å².